The van der Waals surface area contributed by atoms with Crippen molar-refractivity contribution in [2.45, 2.75) is 51.6 Å². The first-order valence-electron chi connectivity index (χ1n) is 9.39. The molecule has 2 heterocycles. The molecule has 2 aromatic heterocycles. The van der Waals surface area contributed by atoms with E-state index in [9.17, 15) is 4.79 Å². The Morgan fingerprint density at radius 1 is 1.12 bits per heavy atom. The molecular formula is C20H25N3O. The van der Waals surface area contributed by atoms with Crippen LogP contribution in [0, 0.1) is 30.6 Å². The Morgan fingerprint density at radius 3 is 2.54 bits per heavy atom. The fraction of sp³-hybridized carbons (Fsp3) is 0.600. The molecule has 0 radical (unpaired) electrons. The average Bonchev–Trinajstić information content (AvgIpc) is 2.53. The molecule has 4 aliphatic rings. The summed E-state index contributed by atoms with van der Waals surface area (Å²) in [5, 5.41) is 3.78. The first-order valence-corrected chi connectivity index (χ1v) is 9.39. The molecule has 2 aromatic rings. The maximum Gasteiger partial charge on any atom is 0.258 e. The van der Waals surface area contributed by atoms with Crippen LogP contribution in [0.15, 0.2) is 29.1 Å². The summed E-state index contributed by atoms with van der Waals surface area (Å²) >= 11 is 0. The van der Waals surface area contributed by atoms with Gasteiger partial charge in [-0.15, -0.1) is 0 Å². The van der Waals surface area contributed by atoms with Crippen LogP contribution >= 0.6 is 0 Å². The van der Waals surface area contributed by atoms with Gasteiger partial charge in [0, 0.05) is 24.3 Å². The largest absolute Gasteiger partial charge is 0.308 e. The number of aryl methyl sites for hydroxylation is 1. The van der Waals surface area contributed by atoms with Crippen molar-refractivity contribution in [3.8, 4) is 0 Å². The molecule has 1 N–H and O–H groups in total. The van der Waals surface area contributed by atoms with Gasteiger partial charge in [-0.05, 0) is 74.8 Å². The molecule has 0 saturated heterocycles. The Morgan fingerprint density at radius 2 is 1.83 bits per heavy atom. The smallest absolute Gasteiger partial charge is 0.258 e. The quantitative estimate of drug-likeness (QED) is 0.945. The highest BCUT2D eigenvalue weighted by Crippen LogP contribution is 2.53. The summed E-state index contributed by atoms with van der Waals surface area (Å²) in [7, 11) is 0. The summed E-state index contributed by atoms with van der Waals surface area (Å²) in [6, 6.07) is 8.16. The molecule has 4 aliphatic carbocycles. The van der Waals surface area contributed by atoms with Gasteiger partial charge in [-0.25, -0.2) is 4.98 Å². The third-order valence-electron chi connectivity index (χ3n) is 6.68. The topological polar surface area (TPSA) is 46.4 Å². The van der Waals surface area contributed by atoms with E-state index in [2.05, 4.69) is 5.32 Å². The molecular weight excluding hydrogens is 298 g/mol. The standard InChI is InChI=1S/C20H25N3O/c1-12-3-2-4-18-22-17(10-19(24)23(12)18)11-21-20-15-6-13-5-14(8-15)9-16(20)7-13/h2-4,10,13-16,20-21H,5-9,11H2,1H3. The second kappa shape index (κ2) is 5.41. The lowest BCUT2D eigenvalue weighted by Crippen LogP contribution is -2.54. The van der Waals surface area contributed by atoms with Crippen LogP contribution in [0.1, 0.15) is 43.5 Å². The average molecular weight is 323 g/mol. The van der Waals surface area contributed by atoms with Crippen molar-refractivity contribution in [1.82, 2.24) is 14.7 Å². The van der Waals surface area contributed by atoms with Crippen LogP contribution < -0.4 is 10.9 Å². The van der Waals surface area contributed by atoms with Gasteiger partial charge >= 0.3 is 0 Å². The Balaban J connectivity index is 1.37. The summed E-state index contributed by atoms with van der Waals surface area (Å²) < 4.78 is 1.69. The van der Waals surface area contributed by atoms with Gasteiger partial charge in [0.1, 0.15) is 5.65 Å². The van der Waals surface area contributed by atoms with E-state index in [1.807, 2.05) is 25.1 Å². The normalized spacial score (nSPS) is 34.1. The summed E-state index contributed by atoms with van der Waals surface area (Å²) in [6.07, 6.45) is 7.15. The van der Waals surface area contributed by atoms with E-state index in [1.165, 1.54) is 32.1 Å². The molecule has 0 atom stereocenters. The van der Waals surface area contributed by atoms with Gasteiger partial charge in [0.2, 0.25) is 0 Å². The number of fused-ring (bicyclic) bond motifs is 1. The highest BCUT2D eigenvalue weighted by Gasteiger charge is 2.47. The minimum Gasteiger partial charge on any atom is -0.308 e. The van der Waals surface area contributed by atoms with Crippen LogP contribution in [0.5, 0.6) is 0 Å². The second-order valence-electron chi connectivity index (χ2n) is 8.28. The zero-order chi connectivity index (χ0) is 16.3. The minimum absolute atomic E-state index is 0.0278. The van der Waals surface area contributed by atoms with Gasteiger partial charge in [-0.3, -0.25) is 9.20 Å². The van der Waals surface area contributed by atoms with E-state index in [-0.39, 0.29) is 5.56 Å². The van der Waals surface area contributed by atoms with Crippen LogP contribution in [-0.2, 0) is 6.54 Å². The van der Waals surface area contributed by atoms with Crippen LogP contribution in [-0.4, -0.2) is 15.4 Å². The molecule has 4 bridgehead atoms. The summed E-state index contributed by atoms with van der Waals surface area (Å²) in [5.41, 5.74) is 2.59. The number of rotatable bonds is 3. The van der Waals surface area contributed by atoms with Crippen molar-refractivity contribution in [1.29, 1.82) is 0 Å². The SMILES string of the molecule is Cc1cccc2nc(CNC3C4CC5CC(C4)CC3C5)cc(=O)n12. The summed E-state index contributed by atoms with van der Waals surface area (Å²) in [5.74, 6) is 3.70. The first kappa shape index (κ1) is 14.6. The molecule has 4 fully saturated rings. The third kappa shape index (κ3) is 2.31. The number of pyridine rings is 1. The monoisotopic (exact) mass is 323 g/mol. The number of aromatic nitrogens is 2. The predicted octanol–water partition coefficient (Wildman–Crippen LogP) is 2.92. The molecule has 4 saturated carbocycles. The number of nitrogens with one attached hydrogen (secondary N) is 1. The van der Waals surface area contributed by atoms with Gasteiger partial charge < -0.3 is 5.32 Å². The first-order chi connectivity index (χ1) is 11.7. The van der Waals surface area contributed by atoms with Crippen molar-refractivity contribution >= 4 is 5.65 Å². The van der Waals surface area contributed by atoms with E-state index < -0.39 is 0 Å². The highest BCUT2D eigenvalue weighted by molar-refractivity contribution is 5.40. The molecule has 0 spiro atoms. The van der Waals surface area contributed by atoms with Crippen LogP contribution in [0.2, 0.25) is 0 Å². The van der Waals surface area contributed by atoms with Gasteiger partial charge in [-0.1, -0.05) is 6.07 Å². The molecule has 4 nitrogen and oxygen atoms in total. The van der Waals surface area contributed by atoms with Crippen molar-refractivity contribution in [2.24, 2.45) is 23.7 Å². The molecule has 126 valence electrons. The van der Waals surface area contributed by atoms with Crippen molar-refractivity contribution in [2.75, 3.05) is 0 Å². The Kier molecular flexibility index (Phi) is 3.30. The Bertz CT molecular complexity index is 812. The molecule has 0 aliphatic heterocycles. The van der Waals surface area contributed by atoms with E-state index >= 15 is 0 Å². The number of hydrogen-bond donors (Lipinski definition) is 1. The molecule has 6 rings (SSSR count). The molecule has 24 heavy (non-hydrogen) atoms. The van der Waals surface area contributed by atoms with E-state index in [4.69, 9.17) is 4.98 Å². The lowest BCUT2D eigenvalue weighted by Gasteiger charge is -2.54. The van der Waals surface area contributed by atoms with Crippen LogP contribution in [0.4, 0.5) is 0 Å². The van der Waals surface area contributed by atoms with Crippen molar-refractivity contribution in [3.05, 3.63) is 46.0 Å². The van der Waals surface area contributed by atoms with E-state index in [0.29, 0.717) is 12.6 Å². The highest BCUT2D eigenvalue weighted by atomic mass is 16.1. The molecule has 0 aromatic carbocycles. The van der Waals surface area contributed by atoms with Gasteiger partial charge in [-0.2, -0.15) is 0 Å². The second-order valence-corrected chi connectivity index (χ2v) is 8.28. The van der Waals surface area contributed by atoms with Gasteiger partial charge in [0.05, 0.1) is 5.69 Å². The zero-order valence-electron chi connectivity index (χ0n) is 14.2. The minimum atomic E-state index is 0.0278. The molecule has 0 amide bonds. The fourth-order valence-electron chi connectivity index (χ4n) is 5.94. The lowest BCUT2D eigenvalue weighted by molar-refractivity contribution is -0.0143. The van der Waals surface area contributed by atoms with E-state index in [1.54, 1.807) is 10.5 Å². The molecule has 4 heteroatoms. The predicted molar refractivity (Wildman–Crippen MR) is 93.9 cm³/mol. The van der Waals surface area contributed by atoms with Crippen molar-refractivity contribution < 1.29 is 0 Å². The van der Waals surface area contributed by atoms with E-state index in [0.717, 1.165) is 40.7 Å². The zero-order valence-corrected chi connectivity index (χ0v) is 14.2. The van der Waals surface area contributed by atoms with Crippen LogP contribution in [0.25, 0.3) is 5.65 Å². The lowest BCUT2D eigenvalue weighted by atomic mass is 9.54. The van der Waals surface area contributed by atoms with Crippen LogP contribution in [0.3, 0.4) is 0 Å². The van der Waals surface area contributed by atoms with Gasteiger partial charge in [0.25, 0.3) is 5.56 Å². The van der Waals surface area contributed by atoms with Gasteiger partial charge in [0.15, 0.2) is 0 Å². The Hall–Kier alpha value is -1.68. The number of nitrogens with zero attached hydrogens (tertiary/aromatic N) is 2. The van der Waals surface area contributed by atoms with Crippen molar-refractivity contribution in [3.63, 3.8) is 0 Å². The summed E-state index contributed by atoms with van der Waals surface area (Å²) in [6.45, 7) is 2.66. The third-order valence-corrected chi connectivity index (χ3v) is 6.68. The maximum absolute atomic E-state index is 12.4. The molecule has 0 unspecified atom stereocenters. The number of hydrogen-bond acceptors (Lipinski definition) is 3. The maximum atomic E-state index is 12.4. The summed E-state index contributed by atoms with van der Waals surface area (Å²) in [4.78, 5) is 17.1. The Labute approximate surface area is 142 Å². The fourth-order valence-corrected chi connectivity index (χ4v) is 5.94.